The van der Waals surface area contributed by atoms with Crippen LogP contribution in [0.3, 0.4) is 0 Å². The molecule has 2 N–H and O–H groups in total. The van der Waals surface area contributed by atoms with Crippen molar-refractivity contribution in [2.75, 3.05) is 18.1 Å². The SMILES string of the molecule is O=C(C=C1CCSCC1)NCC(O)Cc1ccccc1. The molecular weight excluding hydrogens is 270 g/mol. The maximum Gasteiger partial charge on any atom is 0.244 e. The number of hydrogen-bond acceptors (Lipinski definition) is 3. The lowest BCUT2D eigenvalue weighted by molar-refractivity contribution is -0.117. The fourth-order valence-electron chi connectivity index (χ4n) is 2.19. The summed E-state index contributed by atoms with van der Waals surface area (Å²) in [7, 11) is 0. The summed E-state index contributed by atoms with van der Waals surface area (Å²) in [6.07, 6.45) is 3.74. The summed E-state index contributed by atoms with van der Waals surface area (Å²) in [5.41, 5.74) is 2.30. The van der Waals surface area contributed by atoms with E-state index in [1.54, 1.807) is 6.08 Å². The Kier molecular flexibility index (Phi) is 6.15. The summed E-state index contributed by atoms with van der Waals surface area (Å²) in [6.45, 7) is 0.298. The molecule has 1 unspecified atom stereocenters. The van der Waals surface area contributed by atoms with Gasteiger partial charge in [0.2, 0.25) is 5.91 Å². The molecule has 1 aliphatic rings. The second kappa shape index (κ2) is 8.12. The van der Waals surface area contributed by atoms with Crippen molar-refractivity contribution in [1.82, 2.24) is 5.32 Å². The number of amides is 1. The van der Waals surface area contributed by atoms with Crippen LogP contribution in [-0.4, -0.2) is 35.2 Å². The summed E-state index contributed by atoms with van der Waals surface area (Å²) in [4.78, 5) is 11.8. The molecule has 108 valence electrons. The molecule has 0 radical (unpaired) electrons. The van der Waals surface area contributed by atoms with Crippen molar-refractivity contribution in [3.8, 4) is 0 Å². The van der Waals surface area contributed by atoms with Crippen LogP contribution >= 0.6 is 11.8 Å². The van der Waals surface area contributed by atoms with Gasteiger partial charge in [0.25, 0.3) is 0 Å². The molecule has 0 aliphatic carbocycles. The topological polar surface area (TPSA) is 49.3 Å². The van der Waals surface area contributed by atoms with Crippen LogP contribution in [0.4, 0.5) is 0 Å². The lowest BCUT2D eigenvalue weighted by atomic mass is 10.1. The molecule has 3 nitrogen and oxygen atoms in total. The fraction of sp³-hybridized carbons (Fsp3) is 0.438. The van der Waals surface area contributed by atoms with E-state index in [0.717, 1.165) is 29.9 Å². The Balaban J connectivity index is 1.72. The van der Waals surface area contributed by atoms with E-state index >= 15 is 0 Å². The van der Waals surface area contributed by atoms with Crippen LogP contribution in [0.25, 0.3) is 0 Å². The molecule has 1 heterocycles. The molecule has 2 rings (SSSR count). The van der Waals surface area contributed by atoms with E-state index in [9.17, 15) is 9.90 Å². The minimum Gasteiger partial charge on any atom is -0.391 e. The first-order chi connectivity index (χ1) is 9.74. The van der Waals surface area contributed by atoms with Gasteiger partial charge in [-0.2, -0.15) is 11.8 Å². The second-order valence-electron chi connectivity index (χ2n) is 5.00. The molecule has 0 saturated carbocycles. The molecule has 0 aromatic heterocycles. The highest BCUT2D eigenvalue weighted by atomic mass is 32.2. The highest BCUT2D eigenvalue weighted by molar-refractivity contribution is 7.99. The molecule has 1 amide bonds. The van der Waals surface area contributed by atoms with Crippen LogP contribution in [0.15, 0.2) is 42.0 Å². The van der Waals surface area contributed by atoms with Crippen molar-refractivity contribution in [2.24, 2.45) is 0 Å². The van der Waals surface area contributed by atoms with Gasteiger partial charge in [-0.15, -0.1) is 0 Å². The van der Waals surface area contributed by atoms with Crippen molar-refractivity contribution in [3.63, 3.8) is 0 Å². The summed E-state index contributed by atoms with van der Waals surface area (Å²) in [5.74, 6) is 2.13. The molecule has 20 heavy (non-hydrogen) atoms. The largest absolute Gasteiger partial charge is 0.391 e. The van der Waals surface area contributed by atoms with Gasteiger partial charge in [-0.05, 0) is 29.9 Å². The van der Waals surface area contributed by atoms with Gasteiger partial charge in [0.15, 0.2) is 0 Å². The van der Waals surface area contributed by atoms with Crippen molar-refractivity contribution in [3.05, 3.63) is 47.5 Å². The molecule has 1 aromatic rings. The molecule has 1 fully saturated rings. The number of allylic oxidation sites excluding steroid dienone is 1. The smallest absolute Gasteiger partial charge is 0.244 e. The number of rotatable bonds is 5. The first-order valence-corrected chi connectivity index (χ1v) is 8.16. The molecule has 1 aliphatic heterocycles. The Morgan fingerprint density at radius 2 is 2.00 bits per heavy atom. The van der Waals surface area contributed by atoms with Gasteiger partial charge in [-0.3, -0.25) is 4.79 Å². The van der Waals surface area contributed by atoms with Gasteiger partial charge in [-0.1, -0.05) is 35.9 Å². The molecule has 1 atom stereocenters. The standard InChI is InChI=1S/C16H21NO2S/c18-15(10-13-4-2-1-3-5-13)12-17-16(19)11-14-6-8-20-9-7-14/h1-5,11,15,18H,6-10,12H2,(H,17,19). The quantitative estimate of drug-likeness (QED) is 0.817. The van der Waals surface area contributed by atoms with Crippen LogP contribution in [0.5, 0.6) is 0 Å². The molecule has 4 heteroatoms. The molecule has 0 bridgehead atoms. The van der Waals surface area contributed by atoms with Crippen molar-refractivity contribution in [2.45, 2.75) is 25.4 Å². The number of benzene rings is 1. The van der Waals surface area contributed by atoms with Gasteiger partial charge in [-0.25, -0.2) is 0 Å². The van der Waals surface area contributed by atoms with Crippen LogP contribution in [-0.2, 0) is 11.2 Å². The van der Waals surface area contributed by atoms with Crippen molar-refractivity contribution >= 4 is 17.7 Å². The Morgan fingerprint density at radius 3 is 2.70 bits per heavy atom. The second-order valence-corrected chi connectivity index (χ2v) is 6.23. The zero-order chi connectivity index (χ0) is 14.2. The van der Waals surface area contributed by atoms with E-state index < -0.39 is 6.10 Å². The van der Waals surface area contributed by atoms with E-state index in [1.165, 1.54) is 5.57 Å². The summed E-state index contributed by atoms with van der Waals surface area (Å²) >= 11 is 1.93. The fourth-order valence-corrected chi connectivity index (χ4v) is 3.21. The van der Waals surface area contributed by atoms with E-state index in [2.05, 4.69) is 5.32 Å². The monoisotopic (exact) mass is 291 g/mol. The Hall–Kier alpha value is -1.26. The number of nitrogens with one attached hydrogen (secondary N) is 1. The first kappa shape index (κ1) is 15.1. The highest BCUT2D eigenvalue weighted by Crippen LogP contribution is 2.21. The van der Waals surface area contributed by atoms with Crippen LogP contribution < -0.4 is 5.32 Å². The summed E-state index contributed by atoms with van der Waals surface area (Å²) in [6, 6.07) is 9.81. The Bertz CT molecular complexity index is 451. The van der Waals surface area contributed by atoms with Crippen LogP contribution in [0, 0.1) is 0 Å². The maximum absolute atomic E-state index is 11.8. The minimum absolute atomic E-state index is 0.0842. The number of thioether (sulfide) groups is 1. The highest BCUT2D eigenvalue weighted by Gasteiger charge is 2.09. The third-order valence-corrected chi connectivity index (χ3v) is 4.28. The number of hydrogen-bond donors (Lipinski definition) is 2. The van der Waals surface area contributed by atoms with Gasteiger partial charge in [0.05, 0.1) is 6.10 Å². The Labute approximate surface area is 124 Å². The average molecular weight is 291 g/mol. The third kappa shape index (κ3) is 5.39. The number of carbonyl (C=O) groups excluding carboxylic acids is 1. The molecule has 0 spiro atoms. The Morgan fingerprint density at radius 1 is 1.30 bits per heavy atom. The van der Waals surface area contributed by atoms with Crippen molar-refractivity contribution < 1.29 is 9.90 Å². The number of aliphatic hydroxyl groups excluding tert-OH is 1. The normalized spacial score (nSPS) is 16.6. The van der Waals surface area contributed by atoms with Gasteiger partial charge < -0.3 is 10.4 Å². The molecule has 1 saturated heterocycles. The number of carbonyl (C=O) groups is 1. The van der Waals surface area contributed by atoms with Gasteiger partial charge in [0.1, 0.15) is 0 Å². The zero-order valence-corrected chi connectivity index (χ0v) is 12.4. The summed E-state index contributed by atoms with van der Waals surface area (Å²) in [5, 5.41) is 12.7. The van der Waals surface area contributed by atoms with Gasteiger partial charge in [0, 0.05) is 19.0 Å². The predicted molar refractivity (Wildman–Crippen MR) is 83.8 cm³/mol. The lowest BCUT2D eigenvalue weighted by Crippen LogP contribution is -2.32. The van der Waals surface area contributed by atoms with Crippen LogP contribution in [0.2, 0.25) is 0 Å². The predicted octanol–water partition coefficient (Wildman–Crippen LogP) is 2.16. The average Bonchev–Trinajstić information content (AvgIpc) is 2.47. The minimum atomic E-state index is -0.540. The molecule has 1 aromatic carbocycles. The molecular formula is C16H21NO2S. The summed E-state index contributed by atoms with van der Waals surface area (Å²) < 4.78 is 0. The first-order valence-electron chi connectivity index (χ1n) is 7.01. The zero-order valence-electron chi connectivity index (χ0n) is 11.5. The van der Waals surface area contributed by atoms with Crippen molar-refractivity contribution in [1.29, 1.82) is 0 Å². The number of aliphatic hydroxyl groups is 1. The van der Waals surface area contributed by atoms with E-state index in [-0.39, 0.29) is 5.91 Å². The van der Waals surface area contributed by atoms with E-state index in [0.29, 0.717) is 13.0 Å². The lowest BCUT2D eigenvalue weighted by Gasteiger charge is -2.14. The third-order valence-electron chi connectivity index (χ3n) is 3.30. The van der Waals surface area contributed by atoms with Gasteiger partial charge >= 0.3 is 0 Å². The maximum atomic E-state index is 11.8. The van der Waals surface area contributed by atoms with Crippen LogP contribution in [0.1, 0.15) is 18.4 Å². The van der Waals surface area contributed by atoms with E-state index in [4.69, 9.17) is 0 Å². The van der Waals surface area contributed by atoms with E-state index in [1.807, 2.05) is 42.1 Å².